The first kappa shape index (κ1) is 20.6. The number of thiophene rings is 1. The normalized spacial score (nSPS) is 16.6. The summed E-state index contributed by atoms with van der Waals surface area (Å²) in [6.45, 7) is 0.0968. The van der Waals surface area contributed by atoms with Gasteiger partial charge < -0.3 is 4.90 Å². The van der Waals surface area contributed by atoms with E-state index in [9.17, 15) is 26.4 Å². The lowest BCUT2D eigenvalue weighted by molar-refractivity contribution is -0.139. The van der Waals surface area contributed by atoms with Crippen LogP contribution in [0.1, 0.15) is 11.1 Å². The summed E-state index contributed by atoms with van der Waals surface area (Å²) in [6, 6.07) is 5.98. The maximum absolute atomic E-state index is 13.2. The predicted molar refractivity (Wildman–Crippen MR) is 100 cm³/mol. The third-order valence-corrected chi connectivity index (χ3v) is 6.98. The Bertz CT molecular complexity index is 962. The molecule has 0 bridgehead atoms. The van der Waals surface area contributed by atoms with Gasteiger partial charge in [-0.25, -0.2) is 8.42 Å². The zero-order valence-corrected chi connectivity index (χ0v) is 16.2. The Morgan fingerprint density at radius 2 is 1.75 bits per heavy atom. The van der Waals surface area contributed by atoms with E-state index in [1.807, 2.05) is 16.8 Å². The molecule has 1 aliphatic heterocycles. The lowest BCUT2D eigenvalue weighted by Crippen LogP contribution is -2.50. The van der Waals surface area contributed by atoms with Crippen LogP contribution in [-0.4, -0.2) is 49.7 Å². The molecule has 1 saturated heterocycles. The van der Waals surface area contributed by atoms with Gasteiger partial charge in [0, 0.05) is 32.3 Å². The third kappa shape index (κ3) is 4.45. The van der Waals surface area contributed by atoms with Crippen molar-refractivity contribution in [2.45, 2.75) is 11.1 Å². The van der Waals surface area contributed by atoms with Gasteiger partial charge in [-0.1, -0.05) is 12.1 Å². The highest BCUT2D eigenvalue weighted by atomic mass is 32.2. The van der Waals surface area contributed by atoms with E-state index in [2.05, 4.69) is 0 Å². The van der Waals surface area contributed by atoms with Gasteiger partial charge in [-0.3, -0.25) is 4.79 Å². The molecule has 1 aromatic heterocycles. The van der Waals surface area contributed by atoms with Gasteiger partial charge in [0.2, 0.25) is 15.9 Å². The average molecular weight is 430 g/mol. The Balaban J connectivity index is 1.70. The van der Waals surface area contributed by atoms with E-state index in [1.54, 1.807) is 6.08 Å². The Hall–Kier alpha value is -2.17. The Kier molecular flexibility index (Phi) is 5.92. The summed E-state index contributed by atoms with van der Waals surface area (Å²) in [6.07, 6.45) is -1.69. The van der Waals surface area contributed by atoms with Crippen molar-refractivity contribution in [2.75, 3.05) is 26.2 Å². The topological polar surface area (TPSA) is 57.7 Å². The minimum absolute atomic E-state index is 0.0629. The number of hydrogen-bond acceptors (Lipinski definition) is 4. The summed E-state index contributed by atoms with van der Waals surface area (Å²) in [5, 5.41) is 3.76. The molecule has 1 aromatic carbocycles. The molecule has 5 nitrogen and oxygen atoms in total. The highest BCUT2D eigenvalue weighted by molar-refractivity contribution is 7.89. The number of carbonyl (C=O) groups excluding carboxylic acids is 1. The van der Waals surface area contributed by atoms with Crippen molar-refractivity contribution in [2.24, 2.45) is 0 Å². The summed E-state index contributed by atoms with van der Waals surface area (Å²) >= 11 is 1.50. The molecule has 0 radical (unpaired) electrons. The van der Waals surface area contributed by atoms with E-state index in [-0.39, 0.29) is 32.1 Å². The van der Waals surface area contributed by atoms with E-state index < -0.39 is 26.7 Å². The molecule has 150 valence electrons. The fourth-order valence-corrected chi connectivity index (χ4v) is 5.12. The highest BCUT2D eigenvalue weighted by Crippen LogP contribution is 2.35. The monoisotopic (exact) mass is 430 g/mol. The zero-order chi connectivity index (χ0) is 20.4. The molecule has 10 heteroatoms. The summed E-state index contributed by atoms with van der Waals surface area (Å²) < 4.78 is 66.0. The molecule has 1 amide bonds. The molecule has 0 spiro atoms. The molecule has 2 heterocycles. The second-order valence-electron chi connectivity index (χ2n) is 6.11. The maximum Gasteiger partial charge on any atom is 0.417 e. The van der Waals surface area contributed by atoms with Gasteiger partial charge in [0.15, 0.2) is 0 Å². The molecule has 0 aliphatic carbocycles. The first-order valence-corrected chi connectivity index (χ1v) is 10.7. The van der Waals surface area contributed by atoms with Gasteiger partial charge >= 0.3 is 6.18 Å². The van der Waals surface area contributed by atoms with Gasteiger partial charge in [0.1, 0.15) is 0 Å². The minimum Gasteiger partial charge on any atom is -0.337 e. The summed E-state index contributed by atoms with van der Waals surface area (Å²) in [4.78, 5) is 12.9. The van der Waals surface area contributed by atoms with Crippen molar-refractivity contribution in [1.82, 2.24) is 9.21 Å². The number of sulfonamides is 1. The van der Waals surface area contributed by atoms with E-state index in [1.165, 1.54) is 28.4 Å². The minimum atomic E-state index is -4.77. The van der Waals surface area contributed by atoms with Crippen molar-refractivity contribution in [1.29, 1.82) is 0 Å². The van der Waals surface area contributed by atoms with Crippen molar-refractivity contribution >= 4 is 33.3 Å². The smallest absolute Gasteiger partial charge is 0.337 e. The second kappa shape index (κ2) is 8.06. The van der Waals surface area contributed by atoms with Crippen molar-refractivity contribution in [3.8, 4) is 0 Å². The Morgan fingerprint density at radius 1 is 1.07 bits per heavy atom. The molecule has 0 unspecified atom stereocenters. The number of amides is 1. The number of carbonyl (C=O) groups is 1. The van der Waals surface area contributed by atoms with E-state index in [0.717, 1.165) is 28.1 Å². The van der Waals surface area contributed by atoms with E-state index >= 15 is 0 Å². The Labute approximate surface area is 164 Å². The summed E-state index contributed by atoms with van der Waals surface area (Å²) in [5.41, 5.74) is -0.296. The first-order chi connectivity index (χ1) is 13.2. The summed E-state index contributed by atoms with van der Waals surface area (Å²) in [7, 11) is -4.31. The maximum atomic E-state index is 13.2. The standard InChI is InChI=1S/C18H17F3N2O3S2/c19-18(20,21)15-3-1-2-4-16(15)28(25,26)23-10-8-22(9-11-23)17(24)6-5-14-7-12-27-13-14/h1-7,12-13H,8-11H2. The molecule has 0 atom stereocenters. The van der Waals surface area contributed by atoms with Crippen molar-refractivity contribution in [3.05, 3.63) is 58.3 Å². The van der Waals surface area contributed by atoms with Crippen molar-refractivity contribution < 1.29 is 26.4 Å². The van der Waals surface area contributed by atoms with Gasteiger partial charge in [-0.2, -0.15) is 28.8 Å². The largest absolute Gasteiger partial charge is 0.417 e. The van der Waals surface area contributed by atoms with Crippen LogP contribution in [0.3, 0.4) is 0 Å². The van der Waals surface area contributed by atoms with Gasteiger partial charge in [-0.15, -0.1) is 0 Å². The predicted octanol–water partition coefficient (Wildman–Crippen LogP) is 3.31. The molecule has 1 fully saturated rings. The number of alkyl halides is 3. The van der Waals surface area contributed by atoms with Crippen LogP contribution in [0.4, 0.5) is 13.2 Å². The lowest BCUT2D eigenvalue weighted by atomic mass is 10.2. The van der Waals surface area contributed by atoms with Crippen LogP contribution in [0.2, 0.25) is 0 Å². The fourth-order valence-electron chi connectivity index (χ4n) is 2.86. The molecule has 2 aromatic rings. The van der Waals surface area contributed by atoms with Gasteiger partial charge in [0.25, 0.3) is 0 Å². The van der Waals surface area contributed by atoms with E-state index in [4.69, 9.17) is 0 Å². The quantitative estimate of drug-likeness (QED) is 0.700. The molecule has 0 saturated carbocycles. The van der Waals surface area contributed by atoms with Crippen molar-refractivity contribution in [3.63, 3.8) is 0 Å². The van der Waals surface area contributed by atoms with Crippen LogP contribution in [0.5, 0.6) is 0 Å². The second-order valence-corrected chi connectivity index (χ2v) is 8.80. The molecule has 1 aliphatic rings. The number of nitrogens with zero attached hydrogens (tertiary/aromatic N) is 2. The van der Waals surface area contributed by atoms with Gasteiger partial charge in [0.05, 0.1) is 10.5 Å². The highest BCUT2D eigenvalue weighted by Gasteiger charge is 2.39. The molecule has 3 rings (SSSR count). The van der Waals surface area contributed by atoms with Gasteiger partial charge in [-0.05, 0) is 40.6 Å². The van der Waals surface area contributed by atoms with Crippen LogP contribution in [0.15, 0.2) is 52.1 Å². The molecule has 0 N–H and O–H groups in total. The number of benzene rings is 1. The number of halogens is 3. The van der Waals surface area contributed by atoms with E-state index in [0.29, 0.717) is 0 Å². The third-order valence-electron chi connectivity index (χ3n) is 4.32. The first-order valence-electron chi connectivity index (χ1n) is 8.35. The lowest BCUT2D eigenvalue weighted by Gasteiger charge is -2.33. The SMILES string of the molecule is O=C(C=Cc1ccsc1)N1CCN(S(=O)(=O)c2ccccc2C(F)(F)F)CC1. The number of piperazine rings is 1. The number of rotatable bonds is 4. The molecule has 28 heavy (non-hydrogen) atoms. The average Bonchev–Trinajstić information content (AvgIpc) is 3.19. The summed E-state index contributed by atoms with van der Waals surface area (Å²) in [5.74, 6) is -0.265. The van der Waals surface area contributed by atoms with Crippen LogP contribution in [0, 0.1) is 0 Å². The van der Waals surface area contributed by atoms with Crippen LogP contribution < -0.4 is 0 Å². The van der Waals surface area contributed by atoms with Crippen LogP contribution in [-0.2, 0) is 21.0 Å². The molecular formula is C18H17F3N2O3S2. The zero-order valence-electron chi connectivity index (χ0n) is 14.6. The fraction of sp³-hybridized carbons (Fsp3) is 0.278. The van der Waals surface area contributed by atoms with Crippen LogP contribution >= 0.6 is 11.3 Å². The number of hydrogen-bond donors (Lipinski definition) is 0. The molecular weight excluding hydrogens is 413 g/mol. The Morgan fingerprint density at radius 3 is 2.36 bits per heavy atom. The van der Waals surface area contributed by atoms with Crippen LogP contribution in [0.25, 0.3) is 6.08 Å².